The molecule has 3 aromatic rings. The molecule has 2 aromatic heterocycles. The maximum atomic E-state index is 5.50. The van der Waals surface area contributed by atoms with Crippen LogP contribution in [0.1, 0.15) is 30.0 Å². The highest BCUT2D eigenvalue weighted by Crippen LogP contribution is 2.31. The second-order valence-corrected chi connectivity index (χ2v) is 6.62. The van der Waals surface area contributed by atoms with Gasteiger partial charge in [0.2, 0.25) is 0 Å². The molecular weight excluding hydrogens is 314 g/mol. The van der Waals surface area contributed by atoms with Crippen LogP contribution in [0.25, 0.3) is 11.2 Å². The summed E-state index contributed by atoms with van der Waals surface area (Å²) >= 11 is 0. The largest absolute Gasteiger partial charge is 0.496 e. The summed E-state index contributed by atoms with van der Waals surface area (Å²) in [5, 5.41) is 4.73. The van der Waals surface area contributed by atoms with Crippen LogP contribution < -0.4 is 4.74 Å². The lowest BCUT2D eigenvalue weighted by Gasteiger charge is -2.32. The standard InChI is InChI=1S/C19H23N5O/c1-23-19-18(20-9-10-21-19)17(22-23)15-7-5-11-24(13-15)12-14-6-3-4-8-16(14)25-2/h3-4,6,8-10,15H,5,7,11-13H2,1-2H3/t15-/m0/s1. The van der Waals surface area contributed by atoms with E-state index in [0.29, 0.717) is 5.92 Å². The maximum absolute atomic E-state index is 5.50. The number of para-hydroxylation sites is 1. The van der Waals surface area contributed by atoms with Crippen molar-refractivity contribution >= 4 is 11.2 Å². The lowest BCUT2D eigenvalue weighted by atomic mass is 9.94. The smallest absolute Gasteiger partial charge is 0.176 e. The molecule has 6 heteroatoms. The SMILES string of the molecule is COc1ccccc1CN1CCC[C@H](c2nn(C)c3nccnc23)C1. The summed E-state index contributed by atoms with van der Waals surface area (Å²) in [4.78, 5) is 11.4. The van der Waals surface area contributed by atoms with Gasteiger partial charge < -0.3 is 4.74 Å². The van der Waals surface area contributed by atoms with Gasteiger partial charge in [-0.1, -0.05) is 18.2 Å². The molecule has 1 aliphatic rings. The number of likely N-dealkylation sites (tertiary alicyclic amines) is 1. The number of aromatic nitrogens is 4. The van der Waals surface area contributed by atoms with E-state index in [1.54, 1.807) is 19.5 Å². The minimum absolute atomic E-state index is 0.392. The van der Waals surface area contributed by atoms with Crippen molar-refractivity contribution < 1.29 is 4.74 Å². The molecule has 0 aliphatic carbocycles. The van der Waals surface area contributed by atoms with E-state index in [1.165, 1.54) is 5.56 Å². The lowest BCUT2D eigenvalue weighted by molar-refractivity contribution is 0.196. The first-order valence-electron chi connectivity index (χ1n) is 8.74. The highest BCUT2D eigenvalue weighted by Gasteiger charge is 2.26. The fourth-order valence-corrected chi connectivity index (χ4v) is 3.78. The Balaban J connectivity index is 1.56. The van der Waals surface area contributed by atoms with Gasteiger partial charge in [0.05, 0.1) is 12.8 Å². The molecular formula is C19H23N5O. The van der Waals surface area contributed by atoms with Gasteiger partial charge in [-0.05, 0) is 25.5 Å². The van der Waals surface area contributed by atoms with Crippen LogP contribution in [0.2, 0.25) is 0 Å². The van der Waals surface area contributed by atoms with E-state index >= 15 is 0 Å². The van der Waals surface area contributed by atoms with Gasteiger partial charge in [0, 0.05) is 44.0 Å². The molecule has 1 aliphatic heterocycles. The average molecular weight is 337 g/mol. The summed E-state index contributed by atoms with van der Waals surface area (Å²) in [6, 6.07) is 8.25. The van der Waals surface area contributed by atoms with Gasteiger partial charge >= 0.3 is 0 Å². The minimum Gasteiger partial charge on any atom is -0.496 e. The molecule has 0 saturated carbocycles. The summed E-state index contributed by atoms with van der Waals surface area (Å²) in [7, 11) is 3.67. The Morgan fingerprint density at radius 3 is 2.92 bits per heavy atom. The fraction of sp³-hybridized carbons (Fsp3) is 0.421. The fourth-order valence-electron chi connectivity index (χ4n) is 3.78. The molecule has 4 rings (SSSR count). The van der Waals surface area contributed by atoms with E-state index in [2.05, 4.69) is 27.0 Å². The Morgan fingerprint density at radius 1 is 1.20 bits per heavy atom. The number of nitrogens with zero attached hydrogens (tertiary/aromatic N) is 5. The van der Waals surface area contributed by atoms with Gasteiger partial charge in [-0.25, -0.2) is 14.6 Å². The molecule has 1 atom stereocenters. The Morgan fingerprint density at radius 2 is 2.04 bits per heavy atom. The Hall–Kier alpha value is -2.47. The van der Waals surface area contributed by atoms with Gasteiger partial charge in [-0.15, -0.1) is 0 Å². The highest BCUT2D eigenvalue weighted by atomic mass is 16.5. The molecule has 0 unspecified atom stereocenters. The molecule has 0 bridgehead atoms. The third kappa shape index (κ3) is 3.09. The van der Waals surface area contributed by atoms with Crippen LogP contribution in [0.3, 0.4) is 0 Å². The lowest BCUT2D eigenvalue weighted by Crippen LogP contribution is -2.34. The summed E-state index contributed by atoms with van der Waals surface area (Å²) in [6.45, 7) is 2.99. The molecule has 0 amide bonds. The van der Waals surface area contributed by atoms with Crippen molar-refractivity contribution in [1.29, 1.82) is 0 Å². The zero-order chi connectivity index (χ0) is 17.2. The predicted molar refractivity (Wildman–Crippen MR) is 96.6 cm³/mol. The van der Waals surface area contributed by atoms with E-state index in [0.717, 1.165) is 55.1 Å². The van der Waals surface area contributed by atoms with Crippen molar-refractivity contribution in [2.24, 2.45) is 7.05 Å². The van der Waals surface area contributed by atoms with Crippen molar-refractivity contribution in [3.8, 4) is 5.75 Å². The van der Waals surface area contributed by atoms with Crippen LogP contribution in [0.15, 0.2) is 36.7 Å². The van der Waals surface area contributed by atoms with E-state index in [1.807, 2.05) is 23.9 Å². The molecule has 25 heavy (non-hydrogen) atoms. The van der Waals surface area contributed by atoms with Gasteiger partial charge in [0.1, 0.15) is 11.3 Å². The Bertz CT molecular complexity index is 875. The number of hydrogen-bond acceptors (Lipinski definition) is 5. The number of aryl methyl sites for hydroxylation is 1. The van der Waals surface area contributed by atoms with Crippen molar-refractivity contribution in [3.63, 3.8) is 0 Å². The van der Waals surface area contributed by atoms with E-state index in [9.17, 15) is 0 Å². The third-order valence-electron chi connectivity index (χ3n) is 4.96. The molecule has 0 spiro atoms. The highest BCUT2D eigenvalue weighted by molar-refractivity contribution is 5.73. The summed E-state index contributed by atoms with van der Waals surface area (Å²) in [5.74, 6) is 1.35. The second kappa shape index (κ2) is 6.80. The van der Waals surface area contributed by atoms with E-state index in [-0.39, 0.29) is 0 Å². The van der Waals surface area contributed by atoms with Crippen LogP contribution in [0, 0.1) is 0 Å². The Kier molecular flexibility index (Phi) is 4.36. The van der Waals surface area contributed by atoms with Gasteiger partial charge in [-0.3, -0.25) is 4.90 Å². The zero-order valence-corrected chi connectivity index (χ0v) is 14.7. The molecule has 1 saturated heterocycles. The summed E-state index contributed by atoms with van der Waals surface area (Å²) in [5.41, 5.74) is 4.11. The van der Waals surface area contributed by atoms with Gasteiger partial charge in [0.15, 0.2) is 5.65 Å². The van der Waals surface area contributed by atoms with Crippen LogP contribution in [-0.2, 0) is 13.6 Å². The summed E-state index contributed by atoms with van der Waals surface area (Å²) < 4.78 is 7.34. The third-order valence-corrected chi connectivity index (χ3v) is 4.96. The topological polar surface area (TPSA) is 56.1 Å². The molecule has 130 valence electrons. The van der Waals surface area contributed by atoms with Crippen LogP contribution in [0.4, 0.5) is 0 Å². The van der Waals surface area contributed by atoms with Gasteiger partial charge in [-0.2, -0.15) is 5.10 Å². The predicted octanol–water partition coefficient (Wildman–Crippen LogP) is 2.75. The molecule has 3 heterocycles. The number of piperidine rings is 1. The number of fused-ring (bicyclic) bond motifs is 1. The van der Waals surface area contributed by atoms with Crippen LogP contribution in [-0.4, -0.2) is 44.8 Å². The van der Waals surface area contributed by atoms with Crippen molar-refractivity contribution in [3.05, 3.63) is 47.9 Å². The van der Waals surface area contributed by atoms with E-state index in [4.69, 9.17) is 9.84 Å². The maximum Gasteiger partial charge on any atom is 0.176 e. The molecule has 1 fully saturated rings. The second-order valence-electron chi connectivity index (χ2n) is 6.62. The molecule has 0 radical (unpaired) electrons. The average Bonchev–Trinajstić information content (AvgIpc) is 3.00. The van der Waals surface area contributed by atoms with E-state index < -0.39 is 0 Å². The minimum atomic E-state index is 0.392. The van der Waals surface area contributed by atoms with Gasteiger partial charge in [0.25, 0.3) is 0 Å². The number of ether oxygens (including phenoxy) is 1. The molecule has 1 aromatic carbocycles. The molecule has 6 nitrogen and oxygen atoms in total. The quantitative estimate of drug-likeness (QED) is 0.733. The zero-order valence-electron chi connectivity index (χ0n) is 14.7. The summed E-state index contributed by atoms with van der Waals surface area (Å²) in [6.07, 6.45) is 5.79. The van der Waals surface area contributed by atoms with Crippen molar-refractivity contribution in [1.82, 2.24) is 24.6 Å². The first-order valence-corrected chi connectivity index (χ1v) is 8.74. The van der Waals surface area contributed by atoms with Crippen molar-refractivity contribution in [2.75, 3.05) is 20.2 Å². The Labute approximate surface area is 147 Å². The first kappa shape index (κ1) is 16.0. The molecule has 0 N–H and O–H groups in total. The number of hydrogen-bond donors (Lipinski definition) is 0. The first-order chi connectivity index (χ1) is 12.3. The normalized spacial score (nSPS) is 18.6. The monoisotopic (exact) mass is 337 g/mol. The number of methoxy groups -OCH3 is 1. The van der Waals surface area contributed by atoms with Crippen LogP contribution >= 0.6 is 0 Å². The van der Waals surface area contributed by atoms with Crippen LogP contribution in [0.5, 0.6) is 5.75 Å². The van der Waals surface area contributed by atoms with Crippen molar-refractivity contribution in [2.45, 2.75) is 25.3 Å². The number of benzene rings is 1. The number of rotatable bonds is 4.